The van der Waals surface area contributed by atoms with Crippen LogP contribution >= 0.6 is 0 Å². The average molecular weight is 482 g/mol. The summed E-state index contributed by atoms with van der Waals surface area (Å²) < 4.78 is 28.9. The molecule has 4 N–H and O–H groups in total. The molecule has 0 amide bonds. The first-order chi connectivity index (χ1) is 16.8. The first kappa shape index (κ1) is 24.6. The number of benzene rings is 2. The molecule has 0 saturated heterocycles. The van der Waals surface area contributed by atoms with E-state index >= 15 is 0 Å². The maximum Gasteiger partial charge on any atom is 0.337 e. The normalized spacial score (nSPS) is 19.9. The van der Waals surface area contributed by atoms with Crippen LogP contribution in [-0.4, -0.2) is 33.5 Å². The third-order valence-electron chi connectivity index (χ3n) is 6.57. The van der Waals surface area contributed by atoms with E-state index in [0.29, 0.717) is 25.3 Å². The van der Waals surface area contributed by atoms with Gasteiger partial charge in [0, 0.05) is 36.8 Å². The second kappa shape index (κ2) is 9.97. The van der Waals surface area contributed by atoms with Crippen molar-refractivity contribution in [2.45, 2.75) is 38.9 Å². The van der Waals surface area contributed by atoms with Gasteiger partial charge < -0.3 is 10.4 Å². The number of aryl methyl sites for hydroxylation is 1. The summed E-state index contributed by atoms with van der Waals surface area (Å²) in [6.07, 6.45) is 5.88. The van der Waals surface area contributed by atoms with Crippen LogP contribution in [0.15, 0.2) is 71.5 Å². The molecular formula is C26H29F2N5O2. The van der Waals surface area contributed by atoms with E-state index in [0.717, 1.165) is 18.1 Å². The van der Waals surface area contributed by atoms with Gasteiger partial charge in [0.25, 0.3) is 0 Å². The Bertz CT molecular complexity index is 1190. The first-order valence-electron chi connectivity index (χ1n) is 11.6. The molecule has 9 heteroatoms. The minimum absolute atomic E-state index is 0.0136. The lowest BCUT2D eigenvalue weighted by atomic mass is 9.81. The molecule has 2 heterocycles. The van der Waals surface area contributed by atoms with Crippen LogP contribution in [0, 0.1) is 17.6 Å². The summed E-state index contributed by atoms with van der Waals surface area (Å²) in [5.74, 6) is 3.86. The second-order valence-electron chi connectivity index (χ2n) is 8.69. The van der Waals surface area contributed by atoms with Crippen LogP contribution in [-0.2, 0) is 23.4 Å². The number of carboxylic acid groups (broad SMARTS) is 1. The standard InChI is InChI=1S/C26H29F2N5O2/c1-3-17-6-5-7-18(10-17)14-30-15-20(4-2)26(21-11-22(27)13-23(28)12-21)32-16-19(25(34)35)8-9-24(32)31-33(26)29/h5-13,16,20,30H,3-4,14-15,29H2,1-2H3,(H,34,35). The summed E-state index contributed by atoms with van der Waals surface area (Å²) in [6, 6.07) is 11.5. The summed E-state index contributed by atoms with van der Waals surface area (Å²) in [4.78, 5) is 13.3. The van der Waals surface area contributed by atoms with Crippen molar-refractivity contribution in [2.75, 3.05) is 6.54 Å². The number of halogens is 2. The summed E-state index contributed by atoms with van der Waals surface area (Å²) in [5.41, 5.74) is 1.26. The Labute approximate surface area is 203 Å². The Morgan fingerprint density at radius 2 is 1.86 bits per heavy atom. The van der Waals surface area contributed by atoms with E-state index in [4.69, 9.17) is 5.84 Å². The molecular weight excluding hydrogens is 452 g/mol. The number of hydrogen-bond donors (Lipinski definition) is 3. The van der Waals surface area contributed by atoms with Gasteiger partial charge in [0.15, 0.2) is 11.5 Å². The highest BCUT2D eigenvalue weighted by atomic mass is 19.1. The van der Waals surface area contributed by atoms with Crippen LogP contribution in [0.1, 0.15) is 37.0 Å². The highest BCUT2D eigenvalue weighted by Crippen LogP contribution is 2.45. The van der Waals surface area contributed by atoms with Crippen molar-refractivity contribution < 1.29 is 18.7 Å². The minimum Gasteiger partial charge on any atom is -0.478 e. The van der Waals surface area contributed by atoms with Gasteiger partial charge in [-0.25, -0.2) is 19.4 Å². The molecule has 0 fully saturated rings. The highest BCUT2D eigenvalue weighted by Gasteiger charge is 2.54. The second-order valence-corrected chi connectivity index (χ2v) is 8.69. The number of hydrazine groups is 1. The molecule has 0 aromatic heterocycles. The number of amidine groups is 1. The summed E-state index contributed by atoms with van der Waals surface area (Å²) >= 11 is 0. The molecule has 7 nitrogen and oxygen atoms in total. The molecule has 2 aromatic carbocycles. The lowest BCUT2D eigenvalue weighted by Crippen LogP contribution is -2.60. The predicted molar refractivity (Wildman–Crippen MR) is 130 cm³/mol. The molecule has 2 aliphatic rings. The van der Waals surface area contributed by atoms with Crippen molar-refractivity contribution >= 4 is 11.8 Å². The topological polar surface area (TPSA) is 94.2 Å². The van der Waals surface area contributed by atoms with Crippen molar-refractivity contribution in [1.82, 2.24) is 15.3 Å². The van der Waals surface area contributed by atoms with Gasteiger partial charge in [0.05, 0.1) is 5.57 Å². The van der Waals surface area contributed by atoms with E-state index < -0.39 is 23.3 Å². The van der Waals surface area contributed by atoms with Gasteiger partial charge in [-0.3, -0.25) is 4.90 Å². The monoisotopic (exact) mass is 481 g/mol. The van der Waals surface area contributed by atoms with Gasteiger partial charge in [-0.1, -0.05) is 38.1 Å². The van der Waals surface area contributed by atoms with Gasteiger partial charge in [-0.05, 0) is 48.3 Å². The Balaban J connectivity index is 1.74. The smallest absolute Gasteiger partial charge is 0.337 e. The number of carboxylic acids is 1. The fourth-order valence-corrected chi connectivity index (χ4v) is 4.85. The average Bonchev–Trinajstić information content (AvgIpc) is 3.13. The van der Waals surface area contributed by atoms with Crippen LogP contribution in [0.3, 0.4) is 0 Å². The van der Waals surface area contributed by atoms with Crippen LogP contribution in [0.25, 0.3) is 0 Å². The third-order valence-corrected chi connectivity index (χ3v) is 6.57. The van der Waals surface area contributed by atoms with Crippen molar-refractivity contribution in [3.63, 3.8) is 0 Å². The lowest BCUT2D eigenvalue weighted by molar-refractivity contribution is -0.132. The quantitative estimate of drug-likeness (QED) is 0.471. The zero-order valence-corrected chi connectivity index (χ0v) is 19.7. The number of rotatable bonds is 9. The highest BCUT2D eigenvalue weighted by molar-refractivity contribution is 6.01. The van der Waals surface area contributed by atoms with Crippen LogP contribution < -0.4 is 11.2 Å². The number of hydrazone groups is 1. The molecule has 2 aromatic rings. The zero-order chi connectivity index (χ0) is 25.2. The SMILES string of the molecule is CCc1cccc(CNCC(CC)C2(c3cc(F)cc(F)c3)N(N)N=C3C=CC(C(=O)O)=CN32)c1. The minimum atomic E-state index is -1.35. The number of fused-ring (bicyclic) bond motifs is 1. The number of nitrogens with one attached hydrogen (secondary N) is 1. The largest absolute Gasteiger partial charge is 0.478 e. The Hall–Kier alpha value is -3.56. The number of nitrogens with zero attached hydrogens (tertiary/aromatic N) is 3. The molecule has 0 radical (unpaired) electrons. The molecule has 0 spiro atoms. The summed E-state index contributed by atoms with van der Waals surface area (Å²) in [6.45, 7) is 5.07. The zero-order valence-electron chi connectivity index (χ0n) is 19.7. The molecule has 2 aliphatic heterocycles. The number of hydrogen-bond acceptors (Lipinski definition) is 6. The molecule has 0 aliphatic carbocycles. The van der Waals surface area contributed by atoms with Gasteiger partial charge in [-0.15, -0.1) is 5.10 Å². The number of aliphatic carboxylic acids is 1. The van der Waals surface area contributed by atoms with Gasteiger partial charge in [-0.2, -0.15) is 5.12 Å². The molecule has 2 atom stereocenters. The predicted octanol–water partition coefficient (Wildman–Crippen LogP) is 3.84. The van der Waals surface area contributed by atoms with Crippen molar-refractivity contribution in [3.05, 3.63) is 94.7 Å². The lowest BCUT2D eigenvalue weighted by Gasteiger charge is -2.47. The van der Waals surface area contributed by atoms with Gasteiger partial charge in [0.2, 0.25) is 0 Å². The Morgan fingerprint density at radius 1 is 1.14 bits per heavy atom. The van der Waals surface area contributed by atoms with Crippen LogP contribution in [0.2, 0.25) is 0 Å². The number of carbonyl (C=O) groups is 1. The van der Waals surface area contributed by atoms with E-state index in [9.17, 15) is 18.7 Å². The fraction of sp³-hybridized carbons (Fsp3) is 0.308. The van der Waals surface area contributed by atoms with E-state index in [-0.39, 0.29) is 17.1 Å². The Kier molecular flexibility index (Phi) is 7.00. The molecule has 2 unspecified atom stereocenters. The molecule has 35 heavy (non-hydrogen) atoms. The van der Waals surface area contributed by atoms with E-state index in [2.05, 4.69) is 29.5 Å². The fourth-order valence-electron chi connectivity index (χ4n) is 4.85. The summed E-state index contributed by atoms with van der Waals surface area (Å²) in [5, 5.41) is 18.6. The molecule has 0 bridgehead atoms. The van der Waals surface area contributed by atoms with Crippen LogP contribution in [0.5, 0.6) is 0 Å². The van der Waals surface area contributed by atoms with Gasteiger partial charge >= 0.3 is 5.97 Å². The van der Waals surface area contributed by atoms with E-state index in [1.54, 1.807) is 4.90 Å². The molecule has 0 saturated carbocycles. The first-order valence-corrected chi connectivity index (χ1v) is 11.6. The summed E-state index contributed by atoms with van der Waals surface area (Å²) in [7, 11) is 0. The molecule has 184 valence electrons. The molecule has 4 rings (SSSR count). The van der Waals surface area contributed by atoms with E-state index in [1.165, 1.54) is 41.2 Å². The number of nitrogens with two attached hydrogens (primary N) is 1. The maximum absolute atomic E-state index is 14.4. The van der Waals surface area contributed by atoms with Crippen molar-refractivity contribution in [3.8, 4) is 0 Å². The van der Waals surface area contributed by atoms with E-state index in [1.807, 2.05) is 19.1 Å². The van der Waals surface area contributed by atoms with Crippen molar-refractivity contribution in [2.24, 2.45) is 16.9 Å². The maximum atomic E-state index is 14.4. The van der Waals surface area contributed by atoms with Crippen molar-refractivity contribution in [1.29, 1.82) is 0 Å². The van der Waals surface area contributed by atoms with Crippen LogP contribution in [0.4, 0.5) is 8.78 Å². The van der Waals surface area contributed by atoms with Gasteiger partial charge in [0.1, 0.15) is 11.6 Å². The third kappa shape index (κ3) is 4.56. The Morgan fingerprint density at radius 3 is 2.51 bits per heavy atom.